The maximum Gasteiger partial charge on any atom is 0.0561 e. The van der Waals surface area contributed by atoms with Gasteiger partial charge in [0.1, 0.15) is 0 Å². The molecule has 2 atom stereocenters. The Hall–Kier alpha value is 0.0169. The summed E-state index contributed by atoms with van der Waals surface area (Å²) < 4.78 is 0. The molecule has 0 heterocycles. The third-order valence-corrected chi connectivity index (χ3v) is 5.50. The molecule has 0 saturated carbocycles. The summed E-state index contributed by atoms with van der Waals surface area (Å²) in [7, 11) is -0.161. The summed E-state index contributed by atoms with van der Waals surface area (Å²) in [5, 5.41) is 25.8. The molecule has 2 unspecified atom stereocenters. The zero-order valence-electron chi connectivity index (χ0n) is 12.6. The van der Waals surface area contributed by atoms with Gasteiger partial charge in [0.15, 0.2) is 0 Å². The largest absolute Gasteiger partial charge is 0.393 e. The van der Waals surface area contributed by atoms with Gasteiger partial charge in [-0.1, -0.05) is 12.1 Å². The summed E-state index contributed by atoms with van der Waals surface area (Å²) in [5.74, 6) is 0.0695. The van der Waals surface area contributed by atoms with E-state index in [2.05, 4.69) is 10.6 Å². The van der Waals surface area contributed by atoms with Crippen LogP contribution in [0.3, 0.4) is 0 Å². The van der Waals surface area contributed by atoms with Crippen molar-refractivity contribution in [1.29, 1.82) is 0 Å². The summed E-state index contributed by atoms with van der Waals surface area (Å²) in [4.78, 5) is 0. The molecule has 19 heavy (non-hydrogen) atoms. The van der Waals surface area contributed by atoms with E-state index in [0.717, 1.165) is 32.2 Å². The monoisotopic (exact) mass is 291 g/mol. The molecule has 0 saturated heterocycles. The molecule has 0 radical (unpaired) electrons. The van der Waals surface area contributed by atoms with Gasteiger partial charge in [-0.25, -0.2) is 0 Å². The highest BCUT2D eigenvalue weighted by Gasteiger charge is 2.19. The van der Waals surface area contributed by atoms with Gasteiger partial charge >= 0.3 is 0 Å². The minimum Gasteiger partial charge on any atom is -0.393 e. The Morgan fingerprint density at radius 1 is 1.00 bits per heavy atom. The molecular formula is C13H33N3O2Si. The van der Waals surface area contributed by atoms with Crippen molar-refractivity contribution in [2.75, 3.05) is 32.7 Å². The Bertz CT molecular complexity index is 187. The van der Waals surface area contributed by atoms with Crippen molar-refractivity contribution in [2.24, 2.45) is 11.7 Å². The highest BCUT2D eigenvalue weighted by atomic mass is 28.2. The lowest BCUT2D eigenvalue weighted by Crippen LogP contribution is -2.31. The smallest absolute Gasteiger partial charge is 0.0561 e. The first-order chi connectivity index (χ1) is 9.09. The van der Waals surface area contributed by atoms with E-state index in [9.17, 15) is 10.2 Å². The van der Waals surface area contributed by atoms with E-state index in [1.54, 1.807) is 13.8 Å². The zero-order valence-corrected chi connectivity index (χ0v) is 14.0. The SMILES string of the molecule is CC(O)C(C[SiH2]CCCNCCNCCN)C(C)O. The summed E-state index contributed by atoms with van der Waals surface area (Å²) in [6.07, 6.45) is 0.425. The molecule has 0 amide bonds. The van der Waals surface area contributed by atoms with Gasteiger partial charge in [-0.2, -0.15) is 0 Å². The topological polar surface area (TPSA) is 90.5 Å². The number of nitrogens with two attached hydrogens (primary N) is 1. The van der Waals surface area contributed by atoms with Crippen LogP contribution >= 0.6 is 0 Å². The quantitative estimate of drug-likeness (QED) is 0.219. The molecule has 116 valence electrons. The molecule has 0 aromatic heterocycles. The van der Waals surface area contributed by atoms with Gasteiger partial charge in [-0.3, -0.25) is 0 Å². The molecule has 0 aromatic rings. The van der Waals surface area contributed by atoms with Gasteiger partial charge in [-0.05, 0) is 26.8 Å². The Morgan fingerprint density at radius 3 is 2.11 bits per heavy atom. The van der Waals surface area contributed by atoms with Crippen molar-refractivity contribution in [1.82, 2.24) is 10.6 Å². The number of hydrogen-bond donors (Lipinski definition) is 5. The fourth-order valence-electron chi connectivity index (χ4n) is 2.22. The van der Waals surface area contributed by atoms with E-state index in [1.165, 1.54) is 12.5 Å². The highest BCUT2D eigenvalue weighted by molar-refractivity contribution is 6.35. The van der Waals surface area contributed by atoms with Crippen molar-refractivity contribution in [3.63, 3.8) is 0 Å². The third-order valence-electron chi connectivity index (χ3n) is 3.43. The van der Waals surface area contributed by atoms with E-state index < -0.39 is 0 Å². The van der Waals surface area contributed by atoms with E-state index in [1.807, 2.05) is 0 Å². The zero-order chi connectivity index (χ0) is 14.5. The predicted octanol–water partition coefficient (Wildman–Crippen LogP) is -1.10. The second-order valence-electron chi connectivity index (χ2n) is 5.28. The molecule has 0 spiro atoms. The van der Waals surface area contributed by atoms with Gasteiger partial charge < -0.3 is 26.6 Å². The fraction of sp³-hybridized carbons (Fsp3) is 1.00. The number of aliphatic hydroxyl groups is 2. The summed E-state index contributed by atoms with van der Waals surface area (Å²) >= 11 is 0. The Balaban J connectivity index is 3.30. The summed E-state index contributed by atoms with van der Waals surface area (Å²) in [6.45, 7) is 8.16. The lowest BCUT2D eigenvalue weighted by Gasteiger charge is -2.22. The third kappa shape index (κ3) is 11.5. The van der Waals surface area contributed by atoms with Crippen LogP contribution < -0.4 is 16.4 Å². The number of rotatable bonds is 13. The first kappa shape index (κ1) is 19.0. The molecule has 0 rings (SSSR count). The molecule has 6 heteroatoms. The Morgan fingerprint density at radius 2 is 1.58 bits per heavy atom. The maximum absolute atomic E-state index is 9.56. The first-order valence-electron chi connectivity index (χ1n) is 7.57. The predicted molar refractivity (Wildman–Crippen MR) is 84.4 cm³/mol. The second-order valence-corrected chi connectivity index (χ2v) is 7.27. The minimum absolute atomic E-state index is 0.0695. The number of aliphatic hydroxyl groups excluding tert-OH is 2. The molecule has 0 bridgehead atoms. The van der Waals surface area contributed by atoms with Crippen LogP contribution in [0.25, 0.3) is 0 Å². The van der Waals surface area contributed by atoms with Crippen LogP contribution in [0.5, 0.6) is 0 Å². The molecule has 0 fully saturated rings. The Labute approximate surface area is 120 Å². The number of nitrogens with one attached hydrogen (secondary N) is 2. The first-order valence-corrected chi connectivity index (χ1v) is 9.57. The molecule has 6 N–H and O–H groups in total. The van der Waals surface area contributed by atoms with Gasteiger partial charge in [0.05, 0.1) is 12.2 Å². The van der Waals surface area contributed by atoms with E-state index >= 15 is 0 Å². The highest BCUT2D eigenvalue weighted by Crippen LogP contribution is 2.15. The molecule has 0 aliphatic carbocycles. The average molecular weight is 292 g/mol. The van der Waals surface area contributed by atoms with Crippen LogP contribution in [0.4, 0.5) is 0 Å². The lowest BCUT2D eigenvalue weighted by molar-refractivity contribution is 0.0421. The van der Waals surface area contributed by atoms with Gasteiger partial charge in [-0.15, -0.1) is 0 Å². The normalized spacial score (nSPS) is 16.9. The van der Waals surface area contributed by atoms with E-state index in [4.69, 9.17) is 5.73 Å². The van der Waals surface area contributed by atoms with Crippen LogP contribution in [0, 0.1) is 5.92 Å². The lowest BCUT2D eigenvalue weighted by atomic mass is 10.0. The number of hydrogen-bond acceptors (Lipinski definition) is 5. The molecule has 5 nitrogen and oxygen atoms in total. The van der Waals surface area contributed by atoms with Crippen molar-refractivity contribution >= 4 is 9.52 Å². The van der Waals surface area contributed by atoms with Crippen molar-refractivity contribution < 1.29 is 10.2 Å². The van der Waals surface area contributed by atoms with Crippen molar-refractivity contribution in [2.45, 2.75) is 44.6 Å². The van der Waals surface area contributed by atoms with E-state index in [0.29, 0.717) is 6.54 Å². The standard InChI is InChI=1S/C13H33N3O2Si/c1-11(17)13(12(2)18)10-19-9-3-5-15-7-8-16-6-4-14/h11-13,15-18H,3-10,14,19H2,1-2H3. The molecule has 0 aliphatic rings. The summed E-state index contributed by atoms with van der Waals surface area (Å²) in [5.41, 5.74) is 5.38. The van der Waals surface area contributed by atoms with Crippen LogP contribution in [0.1, 0.15) is 20.3 Å². The van der Waals surface area contributed by atoms with Crippen molar-refractivity contribution in [3.05, 3.63) is 0 Å². The van der Waals surface area contributed by atoms with Crippen LogP contribution in [-0.2, 0) is 0 Å². The average Bonchev–Trinajstić information content (AvgIpc) is 2.35. The van der Waals surface area contributed by atoms with E-state index in [-0.39, 0.29) is 27.6 Å². The molecule has 0 aromatic carbocycles. The van der Waals surface area contributed by atoms with Gasteiger partial charge in [0, 0.05) is 41.6 Å². The Kier molecular flexibility index (Phi) is 13.0. The molecular weight excluding hydrogens is 258 g/mol. The minimum atomic E-state index is -0.390. The maximum atomic E-state index is 9.56. The second kappa shape index (κ2) is 13.0. The van der Waals surface area contributed by atoms with Crippen LogP contribution in [0.2, 0.25) is 12.1 Å². The van der Waals surface area contributed by atoms with Gasteiger partial charge in [0.2, 0.25) is 0 Å². The molecule has 0 aliphatic heterocycles. The van der Waals surface area contributed by atoms with Crippen molar-refractivity contribution in [3.8, 4) is 0 Å². The van der Waals surface area contributed by atoms with Gasteiger partial charge in [0.25, 0.3) is 0 Å². The van der Waals surface area contributed by atoms with Crippen LogP contribution in [-0.4, -0.2) is 64.7 Å². The summed E-state index contributed by atoms with van der Waals surface area (Å²) in [6, 6.07) is 2.31. The van der Waals surface area contributed by atoms with Crippen LogP contribution in [0.15, 0.2) is 0 Å². The fourth-order valence-corrected chi connectivity index (χ4v) is 4.55.